The second-order valence-corrected chi connectivity index (χ2v) is 11.9. The minimum absolute atomic E-state index is 0.0365. The van der Waals surface area contributed by atoms with Crippen molar-refractivity contribution >= 4 is 12.2 Å². The molecule has 5 rings (SSSR count). The number of hydrogen-bond acceptors (Lipinski definition) is 6. The molecule has 7 nitrogen and oxygen atoms in total. The van der Waals surface area contributed by atoms with E-state index in [1.165, 1.54) is 12.4 Å². The lowest BCUT2D eigenvalue weighted by atomic mass is 9.70. The number of aromatic nitrogens is 2. The van der Waals surface area contributed by atoms with Gasteiger partial charge < -0.3 is 19.5 Å². The molecule has 3 aliphatic rings. The van der Waals surface area contributed by atoms with Crippen LogP contribution in [0.2, 0.25) is 0 Å². The summed E-state index contributed by atoms with van der Waals surface area (Å²) < 4.78 is 14.3. The van der Waals surface area contributed by atoms with E-state index in [9.17, 15) is 14.0 Å². The Morgan fingerprint density at radius 1 is 1.08 bits per heavy atom. The summed E-state index contributed by atoms with van der Waals surface area (Å²) in [7, 11) is 0. The molecule has 3 unspecified atom stereocenters. The van der Waals surface area contributed by atoms with Crippen LogP contribution in [0.3, 0.4) is 0 Å². The quantitative estimate of drug-likeness (QED) is 0.496. The fourth-order valence-corrected chi connectivity index (χ4v) is 6.99. The number of aldehydes is 1. The number of aryl methyl sites for hydroxylation is 2. The Bertz CT molecular complexity index is 1130. The molecular formula is C30H40FN5O2. The van der Waals surface area contributed by atoms with Crippen molar-refractivity contribution in [3.63, 3.8) is 0 Å². The first-order valence-corrected chi connectivity index (χ1v) is 14.0. The van der Waals surface area contributed by atoms with Crippen molar-refractivity contribution in [1.29, 1.82) is 0 Å². The predicted molar refractivity (Wildman–Crippen MR) is 144 cm³/mol. The van der Waals surface area contributed by atoms with Gasteiger partial charge in [0.25, 0.3) is 5.91 Å². The van der Waals surface area contributed by atoms with Gasteiger partial charge in [0.2, 0.25) is 0 Å². The highest BCUT2D eigenvalue weighted by Gasteiger charge is 2.43. The van der Waals surface area contributed by atoms with E-state index in [0.717, 1.165) is 94.9 Å². The van der Waals surface area contributed by atoms with Crippen LogP contribution < -0.4 is 0 Å². The minimum atomic E-state index is -0.173. The summed E-state index contributed by atoms with van der Waals surface area (Å²) >= 11 is 0. The first kappa shape index (κ1) is 26.9. The zero-order chi connectivity index (χ0) is 26.9. The van der Waals surface area contributed by atoms with Crippen LogP contribution in [0.1, 0.15) is 53.5 Å². The normalized spacial score (nSPS) is 24.4. The second kappa shape index (κ2) is 11.2. The molecule has 2 aromatic rings. The molecule has 1 amide bonds. The number of carbonyl (C=O) groups excluding carboxylic acids is 2. The molecule has 1 aromatic heterocycles. The van der Waals surface area contributed by atoms with Gasteiger partial charge in [-0.25, -0.2) is 14.4 Å². The highest BCUT2D eigenvalue weighted by Crippen LogP contribution is 2.40. The molecule has 3 atom stereocenters. The number of halogens is 1. The van der Waals surface area contributed by atoms with Crippen molar-refractivity contribution in [1.82, 2.24) is 24.7 Å². The topological polar surface area (TPSA) is 69.6 Å². The van der Waals surface area contributed by atoms with Crippen LogP contribution in [0.4, 0.5) is 4.39 Å². The molecule has 3 saturated heterocycles. The first-order chi connectivity index (χ1) is 18.3. The van der Waals surface area contributed by atoms with Crippen LogP contribution in [0.25, 0.3) is 0 Å². The van der Waals surface area contributed by atoms with Gasteiger partial charge in [-0.15, -0.1) is 0 Å². The Morgan fingerprint density at radius 2 is 1.74 bits per heavy atom. The molecule has 1 aromatic carbocycles. The Labute approximate surface area is 225 Å². The average molecular weight is 522 g/mol. The molecule has 204 valence electrons. The van der Waals surface area contributed by atoms with E-state index in [0.29, 0.717) is 17.4 Å². The van der Waals surface area contributed by atoms with E-state index in [-0.39, 0.29) is 23.1 Å². The van der Waals surface area contributed by atoms with E-state index >= 15 is 0 Å². The van der Waals surface area contributed by atoms with Crippen LogP contribution in [-0.2, 0) is 10.2 Å². The van der Waals surface area contributed by atoms with Gasteiger partial charge in [0.05, 0.1) is 17.0 Å². The summed E-state index contributed by atoms with van der Waals surface area (Å²) in [5.41, 5.74) is 3.19. The molecule has 8 heteroatoms. The van der Waals surface area contributed by atoms with E-state index in [1.54, 1.807) is 6.07 Å². The molecule has 3 fully saturated rings. The number of nitrogens with zero attached hydrogens (tertiary/aromatic N) is 5. The zero-order valence-electron chi connectivity index (χ0n) is 22.9. The fourth-order valence-electron chi connectivity index (χ4n) is 6.99. The van der Waals surface area contributed by atoms with E-state index in [1.807, 2.05) is 31.7 Å². The Kier molecular flexibility index (Phi) is 7.91. The Balaban J connectivity index is 1.21. The van der Waals surface area contributed by atoms with Gasteiger partial charge >= 0.3 is 0 Å². The number of benzene rings is 1. The molecule has 3 aliphatic heterocycles. The second-order valence-electron chi connectivity index (χ2n) is 11.9. The number of likely N-dealkylation sites (tertiary alicyclic amines) is 3. The van der Waals surface area contributed by atoms with Gasteiger partial charge in [-0.3, -0.25) is 4.79 Å². The van der Waals surface area contributed by atoms with Crippen LogP contribution in [0.15, 0.2) is 30.6 Å². The van der Waals surface area contributed by atoms with Gasteiger partial charge in [0.1, 0.15) is 18.4 Å². The molecule has 4 heterocycles. The van der Waals surface area contributed by atoms with Gasteiger partial charge in [-0.1, -0.05) is 19.1 Å². The summed E-state index contributed by atoms with van der Waals surface area (Å²) in [6.45, 7) is 12.9. The van der Waals surface area contributed by atoms with Gasteiger partial charge in [0.15, 0.2) is 0 Å². The fraction of sp³-hybridized carbons (Fsp3) is 0.600. The largest absolute Gasteiger partial charge is 0.338 e. The van der Waals surface area contributed by atoms with E-state index in [4.69, 9.17) is 0 Å². The smallest absolute Gasteiger partial charge is 0.257 e. The molecule has 0 radical (unpaired) electrons. The van der Waals surface area contributed by atoms with Crippen LogP contribution in [0, 0.1) is 37.4 Å². The summed E-state index contributed by atoms with van der Waals surface area (Å²) in [4.78, 5) is 39.8. The summed E-state index contributed by atoms with van der Waals surface area (Å²) in [6.07, 6.45) is 5.49. The molecule has 0 spiro atoms. The monoisotopic (exact) mass is 521 g/mol. The number of carbonyl (C=O) groups is 2. The Morgan fingerprint density at radius 3 is 2.34 bits per heavy atom. The maximum atomic E-state index is 14.3. The number of rotatable bonds is 8. The third-order valence-electron chi connectivity index (χ3n) is 9.22. The lowest BCUT2D eigenvalue weighted by Gasteiger charge is -2.43. The van der Waals surface area contributed by atoms with Gasteiger partial charge in [-0.05, 0) is 87.7 Å². The number of piperidine rings is 1. The molecule has 38 heavy (non-hydrogen) atoms. The van der Waals surface area contributed by atoms with Crippen molar-refractivity contribution < 1.29 is 14.0 Å². The molecule has 0 bridgehead atoms. The van der Waals surface area contributed by atoms with Gasteiger partial charge in [0, 0.05) is 38.6 Å². The minimum Gasteiger partial charge on any atom is -0.338 e. The number of fused-ring (bicyclic) bond motifs is 1. The first-order valence-electron chi connectivity index (χ1n) is 14.0. The molecular weight excluding hydrogens is 481 g/mol. The third-order valence-corrected chi connectivity index (χ3v) is 9.22. The van der Waals surface area contributed by atoms with Crippen molar-refractivity contribution in [2.75, 3.05) is 52.4 Å². The van der Waals surface area contributed by atoms with Crippen LogP contribution in [-0.4, -0.2) is 89.2 Å². The van der Waals surface area contributed by atoms with Gasteiger partial charge in [-0.2, -0.15) is 0 Å². The lowest BCUT2D eigenvalue weighted by molar-refractivity contribution is -0.111. The zero-order valence-corrected chi connectivity index (χ0v) is 22.9. The maximum absolute atomic E-state index is 14.3. The molecule has 0 N–H and O–H groups in total. The molecule has 0 aliphatic carbocycles. The maximum Gasteiger partial charge on any atom is 0.257 e. The SMILES string of the molecule is Cc1ncnc(C)c1C(=O)N1CC2CN(CCC3(c4cccc(F)c4)CCN(CC(C)C=O)CC3)CC2C1. The van der Waals surface area contributed by atoms with Crippen molar-refractivity contribution in [2.24, 2.45) is 17.8 Å². The predicted octanol–water partition coefficient (Wildman–Crippen LogP) is 3.50. The van der Waals surface area contributed by atoms with Crippen LogP contribution in [0.5, 0.6) is 0 Å². The van der Waals surface area contributed by atoms with Crippen molar-refractivity contribution in [2.45, 2.75) is 45.4 Å². The number of hydrogen-bond donors (Lipinski definition) is 0. The van der Waals surface area contributed by atoms with Crippen molar-refractivity contribution in [3.05, 3.63) is 58.9 Å². The van der Waals surface area contributed by atoms with E-state index in [2.05, 4.69) is 25.8 Å². The van der Waals surface area contributed by atoms with Crippen molar-refractivity contribution in [3.8, 4) is 0 Å². The summed E-state index contributed by atoms with van der Waals surface area (Å²) in [5.74, 6) is 0.896. The summed E-state index contributed by atoms with van der Waals surface area (Å²) in [5, 5.41) is 0. The summed E-state index contributed by atoms with van der Waals surface area (Å²) in [6, 6.07) is 7.17. The highest BCUT2D eigenvalue weighted by atomic mass is 19.1. The van der Waals surface area contributed by atoms with Crippen LogP contribution >= 0.6 is 0 Å². The van der Waals surface area contributed by atoms with E-state index < -0.39 is 0 Å². The highest BCUT2D eigenvalue weighted by molar-refractivity contribution is 5.96. The Hall–Kier alpha value is -2.71. The lowest BCUT2D eigenvalue weighted by Crippen LogP contribution is -2.45. The number of amides is 1. The average Bonchev–Trinajstić information content (AvgIpc) is 3.47. The molecule has 0 saturated carbocycles. The third kappa shape index (κ3) is 5.52. The standard InChI is InChI=1S/C30H40FN5O2/c1-21(19-37)14-34-10-7-30(8-11-34,26-5-4-6-27(31)13-26)9-12-35-15-24-17-36(18-25(24)16-35)29(38)28-22(2)32-20-33-23(28)3/h4-6,13,19-21,24-25H,7-12,14-18H2,1-3H3.